The summed E-state index contributed by atoms with van der Waals surface area (Å²) < 4.78 is 0. The average molecular weight is 445 g/mol. The van der Waals surface area contributed by atoms with E-state index in [-0.39, 0.29) is 0 Å². The van der Waals surface area contributed by atoms with Crippen LogP contribution in [0.15, 0.2) is 11.6 Å². The van der Waals surface area contributed by atoms with Crippen molar-refractivity contribution in [1.29, 1.82) is 0 Å². The lowest BCUT2D eigenvalue weighted by atomic mass is 9.46. The van der Waals surface area contributed by atoms with Gasteiger partial charge in [-0.25, -0.2) is 0 Å². The second-order valence-electron chi connectivity index (χ2n) is 13.2. The molecule has 0 bridgehead atoms. The summed E-state index contributed by atoms with van der Waals surface area (Å²) >= 11 is 6.27. The summed E-state index contributed by atoms with van der Waals surface area (Å²) in [4.78, 5) is 0. The maximum atomic E-state index is 6.27. The molecule has 0 spiro atoms. The molecule has 0 aromatic carbocycles. The Labute approximate surface area is 199 Å². The fourth-order valence-corrected chi connectivity index (χ4v) is 9.10. The highest BCUT2D eigenvalue weighted by Crippen LogP contribution is 2.67. The SMILES string of the molecule is CB(Cl)CCC1CCC2(C)C(=CCC3C2CCC2(C)C(CCCCC(C)C)CCC32)C1. The first-order chi connectivity index (χ1) is 14.7. The molecule has 0 aromatic heterocycles. The minimum atomic E-state index is 0.342. The Morgan fingerprint density at radius 2 is 1.84 bits per heavy atom. The Kier molecular flexibility index (Phi) is 7.63. The van der Waals surface area contributed by atoms with E-state index in [1.165, 1.54) is 89.8 Å². The van der Waals surface area contributed by atoms with Gasteiger partial charge in [-0.2, -0.15) is 11.5 Å². The van der Waals surface area contributed by atoms with E-state index in [1.807, 2.05) is 5.57 Å². The van der Waals surface area contributed by atoms with E-state index < -0.39 is 0 Å². The normalized spacial score (nSPS) is 42.0. The molecule has 0 aromatic rings. The molecule has 0 nitrogen and oxygen atoms in total. The number of allylic oxidation sites excluding steroid dienone is 2. The standard InChI is InChI=1S/C29H50BCl/c1-21(2)8-6-7-9-23-11-13-26-25-12-10-24-20-22(16-19-30(5)31)14-17-29(24,4)27(25)15-18-28(23,26)3/h10,21-23,25-27H,6-9,11-20H2,1-5H3. The molecule has 0 aliphatic heterocycles. The monoisotopic (exact) mass is 444 g/mol. The molecular formula is C29H50BCl. The zero-order valence-corrected chi connectivity index (χ0v) is 22.2. The van der Waals surface area contributed by atoms with Crippen LogP contribution < -0.4 is 0 Å². The van der Waals surface area contributed by atoms with Crippen molar-refractivity contribution in [2.45, 2.75) is 124 Å². The van der Waals surface area contributed by atoms with Gasteiger partial charge in [-0.15, -0.1) is 0 Å². The van der Waals surface area contributed by atoms with Gasteiger partial charge in [0.2, 0.25) is 6.13 Å². The van der Waals surface area contributed by atoms with Crippen LogP contribution in [-0.2, 0) is 0 Å². The zero-order chi connectivity index (χ0) is 22.2. The van der Waals surface area contributed by atoms with Crippen LogP contribution in [0.2, 0.25) is 13.1 Å². The lowest BCUT2D eigenvalue weighted by molar-refractivity contribution is -0.0456. The first-order valence-electron chi connectivity index (χ1n) is 14.1. The molecule has 4 rings (SSSR count). The molecule has 0 saturated heterocycles. The second-order valence-corrected chi connectivity index (χ2v) is 14.0. The quantitative estimate of drug-likeness (QED) is 0.198. The van der Waals surface area contributed by atoms with Gasteiger partial charge in [0.25, 0.3) is 0 Å². The summed E-state index contributed by atoms with van der Waals surface area (Å²) in [7, 11) is 0. The highest BCUT2D eigenvalue weighted by atomic mass is 35.5. The third-order valence-corrected chi connectivity index (χ3v) is 11.2. The predicted octanol–water partition coefficient (Wildman–Crippen LogP) is 9.65. The van der Waals surface area contributed by atoms with Crippen LogP contribution in [0.1, 0.15) is 111 Å². The fraction of sp³-hybridized carbons (Fsp3) is 0.931. The molecule has 2 heteroatoms. The molecule has 4 aliphatic rings. The molecule has 7 unspecified atom stereocenters. The van der Waals surface area contributed by atoms with Crippen LogP contribution in [0.5, 0.6) is 0 Å². The average Bonchev–Trinajstić information content (AvgIpc) is 3.05. The van der Waals surface area contributed by atoms with Gasteiger partial charge < -0.3 is 0 Å². The van der Waals surface area contributed by atoms with E-state index >= 15 is 0 Å². The minimum Gasteiger partial charge on any atom is -0.196 e. The molecular weight excluding hydrogens is 395 g/mol. The lowest BCUT2D eigenvalue weighted by Crippen LogP contribution is -2.50. The number of rotatable bonds is 8. The van der Waals surface area contributed by atoms with E-state index in [0.717, 1.165) is 35.5 Å². The summed E-state index contributed by atoms with van der Waals surface area (Å²) in [6.07, 6.45) is 23.3. The summed E-state index contributed by atoms with van der Waals surface area (Å²) in [6, 6.07) is 0. The molecule has 3 fully saturated rings. The van der Waals surface area contributed by atoms with Crippen molar-refractivity contribution in [2.75, 3.05) is 0 Å². The van der Waals surface area contributed by atoms with E-state index in [1.54, 1.807) is 0 Å². The van der Waals surface area contributed by atoms with E-state index in [0.29, 0.717) is 17.0 Å². The van der Waals surface area contributed by atoms with Gasteiger partial charge in [-0.05, 0) is 104 Å². The first-order valence-corrected chi connectivity index (χ1v) is 14.5. The molecule has 0 N–H and O–H groups in total. The Bertz CT molecular complexity index is 639. The zero-order valence-electron chi connectivity index (χ0n) is 21.4. The highest BCUT2D eigenvalue weighted by Gasteiger charge is 2.58. The van der Waals surface area contributed by atoms with Crippen LogP contribution in [0.3, 0.4) is 0 Å². The largest absolute Gasteiger partial charge is 0.247 e. The smallest absolute Gasteiger partial charge is 0.196 e. The van der Waals surface area contributed by atoms with Crippen molar-refractivity contribution in [2.24, 2.45) is 46.3 Å². The van der Waals surface area contributed by atoms with Gasteiger partial charge in [-0.1, -0.05) is 78.2 Å². The maximum absolute atomic E-state index is 6.27. The molecule has 176 valence electrons. The third kappa shape index (κ3) is 4.83. The van der Waals surface area contributed by atoms with Gasteiger partial charge in [0.1, 0.15) is 0 Å². The summed E-state index contributed by atoms with van der Waals surface area (Å²) in [5.41, 5.74) is 3.02. The van der Waals surface area contributed by atoms with E-state index in [9.17, 15) is 0 Å². The molecule has 7 atom stereocenters. The summed E-state index contributed by atoms with van der Waals surface area (Å²) in [5, 5.41) is 0. The van der Waals surface area contributed by atoms with Gasteiger partial charge in [0.15, 0.2) is 0 Å². The summed E-state index contributed by atoms with van der Waals surface area (Å²) in [5.74, 6) is 5.74. The molecule has 0 radical (unpaired) electrons. The molecule has 3 saturated carbocycles. The van der Waals surface area contributed by atoms with E-state index in [2.05, 4.69) is 40.6 Å². The topological polar surface area (TPSA) is 0 Å². The number of hydrogen-bond donors (Lipinski definition) is 0. The van der Waals surface area contributed by atoms with Crippen LogP contribution in [-0.4, -0.2) is 6.13 Å². The fourth-order valence-electron chi connectivity index (χ4n) is 8.97. The second kappa shape index (κ2) is 9.76. The third-order valence-electron chi connectivity index (χ3n) is 11.0. The first kappa shape index (κ1) is 24.2. The van der Waals surface area contributed by atoms with Crippen molar-refractivity contribution in [3.8, 4) is 0 Å². The Balaban J connectivity index is 1.41. The maximum Gasteiger partial charge on any atom is 0.247 e. The Morgan fingerprint density at radius 3 is 2.58 bits per heavy atom. The Hall–Kier alpha value is 0.0949. The minimum absolute atomic E-state index is 0.342. The van der Waals surface area contributed by atoms with Gasteiger partial charge in [-0.3, -0.25) is 0 Å². The van der Waals surface area contributed by atoms with Crippen molar-refractivity contribution >= 4 is 17.6 Å². The lowest BCUT2D eigenvalue weighted by Gasteiger charge is -2.58. The van der Waals surface area contributed by atoms with Crippen LogP contribution in [0.25, 0.3) is 0 Å². The number of unbranched alkanes of at least 4 members (excludes halogenated alkanes) is 1. The van der Waals surface area contributed by atoms with Crippen LogP contribution >= 0.6 is 11.5 Å². The molecule has 0 amide bonds. The van der Waals surface area contributed by atoms with Crippen molar-refractivity contribution in [1.82, 2.24) is 0 Å². The molecule has 0 heterocycles. The highest BCUT2D eigenvalue weighted by molar-refractivity contribution is 7.06. The van der Waals surface area contributed by atoms with Gasteiger partial charge in [0.05, 0.1) is 0 Å². The van der Waals surface area contributed by atoms with Crippen molar-refractivity contribution < 1.29 is 0 Å². The van der Waals surface area contributed by atoms with Crippen LogP contribution in [0.4, 0.5) is 0 Å². The van der Waals surface area contributed by atoms with Gasteiger partial charge >= 0.3 is 0 Å². The molecule has 4 aliphatic carbocycles. The van der Waals surface area contributed by atoms with E-state index in [4.69, 9.17) is 11.5 Å². The predicted molar refractivity (Wildman–Crippen MR) is 139 cm³/mol. The van der Waals surface area contributed by atoms with Crippen molar-refractivity contribution in [3.63, 3.8) is 0 Å². The number of hydrogen-bond acceptors (Lipinski definition) is 0. The Morgan fingerprint density at radius 1 is 1.03 bits per heavy atom. The van der Waals surface area contributed by atoms with Crippen LogP contribution in [0, 0.1) is 46.3 Å². The number of fused-ring (bicyclic) bond motifs is 5. The summed E-state index contributed by atoms with van der Waals surface area (Å²) in [6.45, 7) is 12.3. The molecule has 31 heavy (non-hydrogen) atoms. The van der Waals surface area contributed by atoms with Crippen molar-refractivity contribution in [3.05, 3.63) is 11.6 Å². The number of halogens is 1. The van der Waals surface area contributed by atoms with Gasteiger partial charge in [0, 0.05) is 0 Å².